The lowest BCUT2D eigenvalue weighted by atomic mass is 9.92. The highest BCUT2D eigenvalue weighted by Crippen LogP contribution is 2.37. The predicted molar refractivity (Wildman–Crippen MR) is 111 cm³/mol. The molecule has 0 radical (unpaired) electrons. The van der Waals surface area contributed by atoms with Crippen molar-refractivity contribution in [1.29, 1.82) is 0 Å². The monoisotopic (exact) mass is 350 g/mol. The minimum Gasteiger partial charge on any atom is -0.456 e. The second kappa shape index (κ2) is 6.10. The molecule has 3 aromatic carbocycles. The van der Waals surface area contributed by atoms with E-state index < -0.39 is 0 Å². The second-order valence-electron chi connectivity index (χ2n) is 7.00. The van der Waals surface area contributed by atoms with Gasteiger partial charge in [0, 0.05) is 22.9 Å². The van der Waals surface area contributed by atoms with Crippen molar-refractivity contribution in [3.8, 4) is 22.4 Å². The van der Waals surface area contributed by atoms with Crippen LogP contribution in [0.2, 0.25) is 0 Å². The van der Waals surface area contributed by atoms with Crippen LogP contribution in [-0.2, 0) is 7.05 Å². The van der Waals surface area contributed by atoms with Crippen molar-refractivity contribution in [2.45, 2.75) is 6.92 Å². The number of hydrogen-bond acceptors (Lipinski definition) is 1. The summed E-state index contributed by atoms with van der Waals surface area (Å²) in [6, 6.07) is 27.6. The maximum absolute atomic E-state index is 6.00. The van der Waals surface area contributed by atoms with E-state index in [9.17, 15) is 0 Å². The van der Waals surface area contributed by atoms with Crippen LogP contribution < -0.4 is 4.57 Å². The molecule has 2 nitrogen and oxygen atoms in total. The smallest absolute Gasteiger partial charge is 0.213 e. The summed E-state index contributed by atoms with van der Waals surface area (Å²) in [7, 11) is 2.10. The highest BCUT2D eigenvalue weighted by Gasteiger charge is 2.18. The van der Waals surface area contributed by atoms with E-state index in [-0.39, 0.29) is 0 Å². The van der Waals surface area contributed by atoms with E-state index in [0.717, 1.165) is 21.9 Å². The summed E-state index contributed by atoms with van der Waals surface area (Å²) in [5.74, 6) is 0. The quantitative estimate of drug-likeness (QED) is 0.354. The summed E-state index contributed by atoms with van der Waals surface area (Å²) in [6.07, 6.45) is 2.10. The normalized spacial score (nSPS) is 11.3. The Balaban J connectivity index is 1.79. The molecule has 2 aromatic heterocycles. The number of fused-ring (bicyclic) bond motifs is 3. The molecule has 0 N–H and O–H groups in total. The number of furan rings is 1. The Morgan fingerprint density at radius 2 is 1.56 bits per heavy atom. The number of benzene rings is 3. The maximum atomic E-state index is 6.00. The van der Waals surface area contributed by atoms with Crippen LogP contribution >= 0.6 is 0 Å². The van der Waals surface area contributed by atoms with Gasteiger partial charge in [-0.3, -0.25) is 0 Å². The fourth-order valence-electron chi connectivity index (χ4n) is 3.92. The molecule has 2 heterocycles. The van der Waals surface area contributed by atoms with Gasteiger partial charge in [-0.15, -0.1) is 0 Å². The third-order valence-electron chi connectivity index (χ3n) is 5.27. The number of rotatable bonds is 2. The SMILES string of the molecule is Cc1cccc(-c2ccc3oc4ccccc4c3c2)c1-c1cccc[n+]1C. The molecule has 0 aliphatic rings. The van der Waals surface area contributed by atoms with Gasteiger partial charge in [0.1, 0.15) is 18.2 Å². The molecule has 0 amide bonds. The van der Waals surface area contributed by atoms with Gasteiger partial charge in [-0.05, 0) is 47.9 Å². The standard InChI is InChI=1S/C25H20NO/c1-17-8-7-10-19(25(17)22-11-5-6-15-26(22)2)18-13-14-24-21(16-18)20-9-3-4-12-23(20)27-24/h3-16H,1-2H3/q+1. The summed E-state index contributed by atoms with van der Waals surface area (Å²) < 4.78 is 8.18. The zero-order valence-corrected chi connectivity index (χ0v) is 15.4. The lowest BCUT2D eigenvalue weighted by Gasteiger charge is -2.11. The van der Waals surface area contributed by atoms with Gasteiger partial charge in [-0.25, -0.2) is 4.57 Å². The lowest BCUT2D eigenvalue weighted by molar-refractivity contribution is -0.660. The summed E-state index contributed by atoms with van der Waals surface area (Å²) >= 11 is 0. The lowest BCUT2D eigenvalue weighted by Crippen LogP contribution is -2.30. The highest BCUT2D eigenvalue weighted by atomic mass is 16.3. The van der Waals surface area contributed by atoms with E-state index in [1.54, 1.807) is 0 Å². The Morgan fingerprint density at radius 1 is 0.741 bits per heavy atom. The molecule has 5 aromatic rings. The van der Waals surface area contributed by atoms with Crippen LogP contribution in [0.15, 0.2) is 89.5 Å². The molecule has 5 rings (SSSR count). The summed E-state index contributed by atoms with van der Waals surface area (Å²) in [5, 5.41) is 2.32. The van der Waals surface area contributed by atoms with Crippen LogP contribution in [0.3, 0.4) is 0 Å². The molecule has 0 atom stereocenters. The summed E-state index contributed by atoms with van der Waals surface area (Å²) in [4.78, 5) is 0. The summed E-state index contributed by atoms with van der Waals surface area (Å²) in [6.45, 7) is 2.18. The maximum Gasteiger partial charge on any atom is 0.213 e. The van der Waals surface area contributed by atoms with E-state index in [0.29, 0.717) is 0 Å². The minimum absolute atomic E-state index is 0.930. The molecule has 0 aliphatic carbocycles. The number of aromatic nitrogens is 1. The molecule has 0 saturated carbocycles. The Labute approximate surface area is 158 Å². The average molecular weight is 350 g/mol. The number of nitrogens with zero attached hydrogens (tertiary/aromatic N) is 1. The Kier molecular flexibility index (Phi) is 3.58. The molecule has 0 bridgehead atoms. The number of pyridine rings is 1. The van der Waals surface area contributed by atoms with Gasteiger partial charge in [0.15, 0.2) is 6.20 Å². The first-order chi connectivity index (χ1) is 13.2. The molecule has 0 fully saturated rings. The van der Waals surface area contributed by atoms with E-state index in [4.69, 9.17) is 4.42 Å². The topological polar surface area (TPSA) is 17.0 Å². The molecule has 0 saturated heterocycles. The summed E-state index contributed by atoms with van der Waals surface area (Å²) in [5.41, 5.74) is 8.06. The van der Waals surface area contributed by atoms with Crippen LogP contribution in [0, 0.1) is 6.92 Å². The van der Waals surface area contributed by atoms with Gasteiger partial charge in [-0.2, -0.15) is 0 Å². The van der Waals surface area contributed by atoms with E-state index in [2.05, 4.69) is 91.5 Å². The molecule has 0 spiro atoms. The van der Waals surface area contributed by atoms with Crippen LogP contribution in [-0.4, -0.2) is 0 Å². The third-order valence-corrected chi connectivity index (χ3v) is 5.27. The molecule has 27 heavy (non-hydrogen) atoms. The van der Waals surface area contributed by atoms with Gasteiger partial charge < -0.3 is 4.42 Å². The Morgan fingerprint density at radius 3 is 2.44 bits per heavy atom. The largest absolute Gasteiger partial charge is 0.456 e. The first-order valence-electron chi connectivity index (χ1n) is 9.19. The van der Waals surface area contributed by atoms with Crippen molar-refractivity contribution in [3.05, 3.63) is 90.6 Å². The molecule has 2 heteroatoms. The Hall–Kier alpha value is -3.39. The molecular weight excluding hydrogens is 330 g/mol. The van der Waals surface area contributed by atoms with Crippen molar-refractivity contribution >= 4 is 21.9 Å². The van der Waals surface area contributed by atoms with Crippen molar-refractivity contribution in [2.75, 3.05) is 0 Å². The predicted octanol–water partition coefficient (Wildman–Crippen LogP) is 6.05. The molecule has 130 valence electrons. The zero-order chi connectivity index (χ0) is 18.4. The van der Waals surface area contributed by atoms with E-state index in [1.807, 2.05) is 12.1 Å². The van der Waals surface area contributed by atoms with Gasteiger partial charge in [0.25, 0.3) is 0 Å². The van der Waals surface area contributed by atoms with Crippen molar-refractivity contribution in [3.63, 3.8) is 0 Å². The van der Waals surface area contributed by atoms with Crippen LogP contribution in [0.1, 0.15) is 5.56 Å². The number of hydrogen-bond donors (Lipinski definition) is 0. The van der Waals surface area contributed by atoms with E-state index in [1.165, 1.54) is 27.9 Å². The van der Waals surface area contributed by atoms with Crippen LogP contribution in [0.25, 0.3) is 44.3 Å². The molecule has 0 aliphatic heterocycles. The fraction of sp³-hybridized carbons (Fsp3) is 0.0800. The van der Waals surface area contributed by atoms with Crippen molar-refractivity contribution < 1.29 is 8.98 Å². The van der Waals surface area contributed by atoms with Gasteiger partial charge in [-0.1, -0.05) is 42.5 Å². The average Bonchev–Trinajstić information content (AvgIpc) is 3.06. The second-order valence-corrected chi connectivity index (χ2v) is 7.00. The van der Waals surface area contributed by atoms with Crippen molar-refractivity contribution in [1.82, 2.24) is 0 Å². The number of para-hydroxylation sites is 1. The zero-order valence-electron chi connectivity index (χ0n) is 15.4. The fourth-order valence-corrected chi connectivity index (χ4v) is 3.92. The van der Waals surface area contributed by atoms with E-state index >= 15 is 0 Å². The molecule has 0 unspecified atom stereocenters. The van der Waals surface area contributed by atoms with Crippen LogP contribution in [0.4, 0.5) is 0 Å². The number of aryl methyl sites for hydroxylation is 2. The first kappa shape index (κ1) is 15.8. The Bertz CT molecular complexity index is 1300. The van der Waals surface area contributed by atoms with Crippen LogP contribution in [0.5, 0.6) is 0 Å². The van der Waals surface area contributed by atoms with Gasteiger partial charge >= 0.3 is 0 Å². The third kappa shape index (κ3) is 2.53. The van der Waals surface area contributed by atoms with Crippen molar-refractivity contribution in [2.24, 2.45) is 7.05 Å². The molecular formula is C25H20NO+. The van der Waals surface area contributed by atoms with Gasteiger partial charge in [0.05, 0.1) is 5.56 Å². The first-order valence-corrected chi connectivity index (χ1v) is 9.19. The minimum atomic E-state index is 0.930. The van der Waals surface area contributed by atoms with Gasteiger partial charge in [0.2, 0.25) is 5.69 Å². The highest BCUT2D eigenvalue weighted by molar-refractivity contribution is 6.06.